The topological polar surface area (TPSA) is 95.6 Å². The SMILES string of the molecule is Cn1ncc(-c2ccc(C(F)(F)F)c3c2CCCS3(O)O)c(O)c1=O. The maximum atomic E-state index is 13.3. The third-order valence-electron chi connectivity index (χ3n) is 4.15. The first-order valence-electron chi connectivity index (χ1n) is 7.28. The number of alkyl halides is 3. The van der Waals surface area contributed by atoms with Crippen LogP contribution in [0, 0.1) is 0 Å². The predicted octanol–water partition coefficient (Wildman–Crippen LogP) is 3.23. The van der Waals surface area contributed by atoms with Crippen molar-refractivity contribution < 1.29 is 27.4 Å². The van der Waals surface area contributed by atoms with Crippen molar-refractivity contribution in [1.82, 2.24) is 9.78 Å². The molecule has 0 atom stereocenters. The van der Waals surface area contributed by atoms with Crippen molar-refractivity contribution in [1.29, 1.82) is 0 Å². The predicted molar refractivity (Wildman–Crippen MR) is 85.9 cm³/mol. The van der Waals surface area contributed by atoms with Crippen molar-refractivity contribution in [2.45, 2.75) is 23.9 Å². The van der Waals surface area contributed by atoms with Crippen molar-refractivity contribution in [3.63, 3.8) is 0 Å². The Morgan fingerprint density at radius 1 is 1.24 bits per heavy atom. The van der Waals surface area contributed by atoms with Crippen LogP contribution < -0.4 is 5.56 Å². The molecule has 1 aliphatic rings. The Kier molecular flexibility index (Phi) is 4.09. The van der Waals surface area contributed by atoms with E-state index in [-0.39, 0.29) is 35.3 Å². The van der Waals surface area contributed by atoms with Crippen LogP contribution in [0.3, 0.4) is 0 Å². The fourth-order valence-electron chi connectivity index (χ4n) is 3.00. The summed E-state index contributed by atoms with van der Waals surface area (Å²) in [5.41, 5.74) is -1.72. The zero-order valence-corrected chi connectivity index (χ0v) is 13.9. The molecule has 0 aliphatic carbocycles. The molecule has 0 bridgehead atoms. The largest absolute Gasteiger partial charge is 0.503 e. The molecular weight excluding hydrogens is 361 g/mol. The van der Waals surface area contributed by atoms with Crippen LogP contribution in [0.1, 0.15) is 17.5 Å². The Morgan fingerprint density at radius 2 is 1.92 bits per heavy atom. The van der Waals surface area contributed by atoms with Gasteiger partial charge in [-0.1, -0.05) is 6.07 Å². The normalized spacial score (nSPS) is 17.8. The van der Waals surface area contributed by atoms with Gasteiger partial charge in [0.05, 0.1) is 16.7 Å². The lowest BCUT2D eigenvalue weighted by atomic mass is 9.94. The molecule has 0 unspecified atom stereocenters. The number of hydrogen-bond acceptors (Lipinski definition) is 5. The molecule has 3 rings (SSSR count). The van der Waals surface area contributed by atoms with E-state index in [1.807, 2.05) is 0 Å². The Balaban J connectivity index is 2.36. The highest BCUT2D eigenvalue weighted by atomic mass is 32.3. The van der Waals surface area contributed by atoms with Crippen LogP contribution in [-0.2, 0) is 19.6 Å². The summed E-state index contributed by atoms with van der Waals surface area (Å²) in [4.78, 5) is 11.3. The van der Waals surface area contributed by atoms with E-state index in [2.05, 4.69) is 5.10 Å². The first-order valence-corrected chi connectivity index (χ1v) is 9.00. The van der Waals surface area contributed by atoms with E-state index in [0.29, 0.717) is 0 Å². The zero-order chi connectivity index (χ0) is 18.6. The van der Waals surface area contributed by atoms with Crippen LogP contribution in [0.5, 0.6) is 5.75 Å². The second-order valence-corrected chi connectivity index (χ2v) is 7.93. The molecule has 0 saturated carbocycles. The standard InChI is InChI=1S/C15H15F3N2O4S/c1-20-14(22)12(21)10(7-19-20)8-4-5-11(15(16,17)18)13-9(8)3-2-6-25(13,23)24/h4-5,7,21,23-24H,2-3,6H2,1H3. The van der Waals surface area contributed by atoms with E-state index in [1.165, 1.54) is 13.2 Å². The second-order valence-electron chi connectivity index (χ2n) is 5.78. The molecule has 6 nitrogen and oxygen atoms in total. The molecule has 0 spiro atoms. The number of aromatic hydroxyl groups is 1. The fourth-order valence-corrected chi connectivity index (χ4v) is 4.89. The van der Waals surface area contributed by atoms with Gasteiger partial charge in [-0.2, -0.15) is 28.9 Å². The maximum absolute atomic E-state index is 13.3. The second kappa shape index (κ2) is 5.75. The molecule has 0 saturated heterocycles. The first kappa shape index (κ1) is 17.8. The maximum Gasteiger partial charge on any atom is 0.418 e. The smallest absolute Gasteiger partial charge is 0.418 e. The van der Waals surface area contributed by atoms with E-state index in [4.69, 9.17) is 0 Å². The van der Waals surface area contributed by atoms with Gasteiger partial charge in [-0.3, -0.25) is 13.9 Å². The molecule has 1 aliphatic heterocycles. The molecule has 25 heavy (non-hydrogen) atoms. The van der Waals surface area contributed by atoms with Gasteiger partial charge in [-0.15, -0.1) is 0 Å². The fraction of sp³-hybridized carbons (Fsp3) is 0.333. The minimum Gasteiger partial charge on any atom is -0.503 e. The average Bonchev–Trinajstić information content (AvgIpc) is 2.51. The summed E-state index contributed by atoms with van der Waals surface area (Å²) in [6.07, 6.45) is -3.14. The average molecular weight is 376 g/mol. The number of rotatable bonds is 1. The van der Waals surface area contributed by atoms with Crippen LogP contribution in [0.15, 0.2) is 28.0 Å². The number of aromatic nitrogens is 2. The van der Waals surface area contributed by atoms with Gasteiger partial charge in [0.15, 0.2) is 5.75 Å². The molecule has 3 N–H and O–H groups in total. The zero-order valence-electron chi connectivity index (χ0n) is 13.0. The van der Waals surface area contributed by atoms with Gasteiger partial charge in [0.1, 0.15) is 0 Å². The van der Waals surface area contributed by atoms with Gasteiger partial charge < -0.3 is 5.11 Å². The lowest BCUT2D eigenvalue weighted by Gasteiger charge is -2.40. The van der Waals surface area contributed by atoms with Crippen molar-refractivity contribution in [2.24, 2.45) is 7.05 Å². The van der Waals surface area contributed by atoms with E-state index < -0.39 is 38.5 Å². The number of nitrogens with zero attached hydrogens (tertiary/aromatic N) is 2. The summed E-state index contributed by atoms with van der Waals surface area (Å²) in [6, 6.07) is 1.86. The molecular formula is C15H15F3N2O4S. The van der Waals surface area contributed by atoms with Crippen LogP contribution in [0.2, 0.25) is 0 Å². The van der Waals surface area contributed by atoms with Crippen LogP contribution in [-0.4, -0.2) is 29.7 Å². The summed E-state index contributed by atoms with van der Waals surface area (Å²) >= 11 is 0. The molecule has 1 aromatic heterocycles. The Labute approximate surface area is 141 Å². The summed E-state index contributed by atoms with van der Waals surface area (Å²) in [7, 11) is -2.30. The molecule has 136 valence electrons. The van der Waals surface area contributed by atoms with Gasteiger partial charge in [0.25, 0.3) is 0 Å². The Bertz CT molecular complexity index is 909. The number of fused-ring (bicyclic) bond motifs is 1. The molecule has 1 aromatic carbocycles. The highest BCUT2D eigenvalue weighted by Gasteiger charge is 2.41. The summed E-state index contributed by atoms with van der Waals surface area (Å²) in [5.74, 6) is -0.811. The van der Waals surface area contributed by atoms with Gasteiger partial charge in [-0.25, -0.2) is 4.68 Å². The van der Waals surface area contributed by atoms with Gasteiger partial charge in [-0.05, 0) is 30.0 Å². The van der Waals surface area contributed by atoms with Crippen LogP contribution >= 0.6 is 10.6 Å². The molecule has 2 aromatic rings. The van der Waals surface area contributed by atoms with E-state index >= 15 is 0 Å². The minimum atomic E-state index is -4.75. The Hall–Kier alpha value is -2.04. The lowest BCUT2D eigenvalue weighted by Crippen LogP contribution is -2.22. The quantitative estimate of drug-likeness (QED) is 0.710. The van der Waals surface area contributed by atoms with Gasteiger partial charge >= 0.3 is 11.7 Å². The van der Waals surface area contributed by atoms with Crippen LogP contribution in [0.4, 0.5) is 13.2 Å². The molecule has 10 heteroatoms. The third kappa shape index (κ3) is 2.90. The highest BCUT2D eigenvalue weighted by Crippen LogP contribution is 2.59. The molecule has 0 fully saturated rings. The lowest BCUT2D eigenvalue weighted by molar-refractivity contribution is -0.140. The number of halogens is 3. The molecule has 2 heterocycles. The molecule has 0 radical (unpaired) electrons. The minimum absolute atomic E-state index is 0.0369. The monoisotopic (exact) mass is 376 g/mol. The first-order chi connectivity index (χ1) is 11.5. The van der Waals surface area contributed by atoms with Crippen molar-refractivity contribution in [3.05, 3.63) is 39.8 Å². The summed E-state index contributed by atoms with van der Waals surface area (Å²) < 4.78 is 61.3. The number of benzene rings is 1. The van der Waals surface area contributed by atoms with E-state index in [1.54, 1.807) is 0 Å². The summed E-state index contributed by atoms with van der Waals surface area (Å²) in [5, 5.41) is 13.9. The van der Waals surface area contributed by atoms with Gasteiger partial charge in [0.2, 0.25) is 0 Å². The summed E-state index contributed by atoms with van der Waals surface area (Å²) in [6.45, 7) is 0. The van der Waals surface area contributed by atoms with Crippen molar-refractivity contribution in [2.75, 3.05) is 5.75 Å². The van der Waals surface area contributed by atoms with Gasteiger partial charge in [0, 0.05) is 18.4 Å². The molecule has 0 amide bonds. The number of hydrogen-bond donors (Lipinski definition) is 3. The Morgan fingerprint density at radius 3 is 2.56 bits per heavy atom. The third-order valence-corrected chi connectivity index (χ3v) is 6.13. The van der Waals surface area contributed by atoms with E-state index in [9.17, 15) is 32.2 Å². The van der Waals surface area contributed by atoms with E-state index in [0.717, 1.165) is 16.8 Å². The van der Waals surface area contributed by atoms with Crippen LogP contribution in [0.25, 0.3) is 11.1 Å². The van der Waals surface area contributed by atoms with Crippen molar-refractivity contribution >= 4 is 10.6 Å². The number of aryl methyl sites for hydroxylation is 1. The van der Waals surface area contributed by atoms with Crippen molar-refractivity contribution in [3.8, 4) is 16.9 Å². The highest BCUT2D eigenvalue weighted by molar-refractivity contribution is 8.24.